The number of fused-ring (bicyclic) bond motifs is 2. The van der Waals surface area contributed by atoms with E-state index in [2.05, 4.69) is 29.6 Å². The molecule has 0 amide bonds. The van der Waals surface area contributed by atoms with Crippen LogP contribution in [0.15, 0.2) is 54.6 Å². The Hall–Kier alpha value is -1.71. The molecule has 2 nitrogen and oxygen atoms in total. The molecule has 2 aromatic rings. The third kappa shape index (κ3) is 2.58. The Kier molecular flexibility index (Phi) is 3.51. The van der Waals surface area contributed by atoms with Gasteiger partial charge >= 0.3 is 0 Å². The summed E-state index contributed by atoms with van der Waals surface area (Å²) in [5.41, 5.74) is 1.78. The van der Waals surface area contributed by atoms with E-state index < -0.39 is 6.10 Å². The lowest BCUT2D eigenvalue weighted by molar-refractivity contribution is 0.0734. The fourth-order valence-corrected chi connectivity index (χ4v) is 4.50. The van der Waals surface area contributed by atoms with E-state index in [1.165, 1.54) is 17.7 Å². The van der Waals surface area contributed by atoms with E-state index >= 15 is 0 Å². The highest BCUT2D eigenvalue weighted by Crippen LogP contribution is 2.51. The van der Waals surface area contributed by atoms with Crippen LogP contribution >= 0.6 is 0 Å². The molecule has 0 aliphatic carbocycles. The third-order valence-corrected chi connectivity index (χ3v) is 5.69. The van der Waals surface area contributed by atoms with E-state index in [9.17, 15) is 9.50 Å². The summed E-state index contributed by atoms with van der Waals surface area (Å²) in [5, 5.41) is 14.6. The highest BCUT2D eigenvalue weighted by atomic mass is 19.1. The lowest BCUT2D eigenvalue weighted by Gasteiger charge is -2.32. The molecule has 2 aliphatic rings. The van der Waals surface area contributed by atoms with Crippen molar-refractivity contribution < 1.29 is 9.50 Å². The van der Waals surface area contributed by atoms with Crippen LogP contribution in [0.2, 0.25) is 0 Å². The Balaban J connectivity index is 1.56. The van der Waals surface area contributed by atoms with Gasteiger partial charge in [-0.3, -0.25) is 0 Å². The minimum atomic E-state index is -0.654. The van der Waals surface area contributed by atoms with Crippen molar-refractivity contribution in [3.8, 4) is 0 Å². The van der Waals surface area contributed by atoms with Crippen molar-refractivity contribution in [2.75, 3.05) is 0 Å². The van der Waals surface area contributed by atoms with Gasteiger partial charge in [0.25, 0.3) is 0 Å². The predicted octanol–water partition coefficient (Wildman–Crippen LogP) is 3.76. The first-order valence-electron chi connectivity index (χ1n) is 8.38. The number of hydrogen-bond donors (Lipinski definition) is 2. The Morgan fingerprint density at radius 3 is 2.43 bits per heavy atom. The first kappa shape index (κ1) is 14.9. The smallest absolute Gasteiger partial charge is 0.123 e. The monoisotopic (exact) mass is 311 g/mol. The summed E-state index contributed by atoms with van der Waals surface area (Å²) >= 11 is 0. The number of aliphatic hydroxyl groups excluding tert-OH is 1. The maximum atomic E-state index is 13.5. The van der Waals surface area contributed by atoms with Crippen molar-refractivity contribution >= 4 is 0 Å². The Morgan fingerprint density at radius 1 is 1.00 bits per heavy atom. The van der Waals surface area contributed by atoms with Crippen LogP contribution < -0.4 is 5.32 Å². The molecule has 0 saturated carbocycles. The Bertz CT molecular complexity index is 692. The molecule has 2 bridgehead atoms. The SMILES string of the molecule is O[C@H](c1cccc(F)c1)C12CCC(Cc3ccccc3)(CC1)N2. The number of aliphatic hydroxyl groups is 1. The van der Waals surface area contributed by atoms with Crippen molar-refractivity contribution in [2.45, 2.75) is 49.3 Å². The standard InChI is InChI=1S/C20H22FNO/c21-17-8-4-7-16(13-17)18(23)20-11-9-19(22-20,10-12-20)14-15-5-2-1-3-6-15/h1-8,13,18,22-23H,9-12,14H2/t18-,19?,20?/m1/s1. The Labute approximate surface area is 136 Å². The van der Waals surface area contributed by atoms with Crippen molar-refractivity contribution in [2.24, 2.45) is 0 Å². The quantitative estimate of drug-likeness (QED) is 0.901. The highest BCUT2D eigenvalue weighted by Gasteiger charge is 2.56. The molecule has 2 fully saturated rings. The number of halogens is 1. The van der Waals surface area contributed by atoms with E-state index in [0.717, 1.165) is 32.1 Å². The summed E-state index contributed by atoms with van der Waals surface area (Å²) in [7, 11) is 0. The molecular formula is C20H22FNO. The third-order valence-electron chi connectivity index (χ3n) is 5.69. The predicted molar refractivity (Wildman–Crippen MR) is 88.6 cm³/mol. The molecular weight excluding hydrogens is 289 g/mol. The molecule has 4 rings (SSSR count). The zero-order valence-corrected chi connectivity index (χ0v) is 13.1. The average molecular weight is 311 g/mol. The van der Waals surface area contributed by atoms with Gasteiger partial charge in [0.1, 0.15) is 5.82 Å². The van der Waals surface area contributed by atoms with Gasteiger partial charge in [0, 0.05) is 11.1 Å². The summed E-state index contributed by atoms with van der Waals surface area (Å²) in [6.45, 7) is 0. The van der Waals surface area contributed by atoms with E-state index in [4.69, 9.17) is 0 Å². The molecule has 2 aromatic carbocycles. The molecule has 2 saturated heterocycles. The van der Waals surface area contributed by atoms with Gasteiger partial charge in [0.2, 0.25) is 0 Å². The van der Waals surface area contributed by atoms with Gasteiger partial charge in [-0.25, -0.2) is 4.39 Å². The number of hydrogen-bond acceptors (Lipinski definition) is 2. The van der Waals surface area contributed by atoms with Gasteiger partial charge in [-0.05, 0) is 55.4 Å². The van der Waals surface area contributed by atoms with Crippen molar-refractivity contribution in [1.29, 1.82) is 0 Å². The van der Waals surface area contributed by atoms with Crippen LogP contribution in [0.5, 0.6) is 0 Å². The molecule has 2 N–H and O–H groups in total. The van der Waals surface area contributed by atoms with Crippen LogP contribution in [0.25, 0.3) is 0 Å². The van der Waals surface area contributed by atoms with Gasteiger partial charge in [-0.15, -0.1) is 0 Å². The molecule has 23 heavy (non-hydrogen) atoms. The molecule has 1 atom stereocenters. The summed E-state index contributed by atoms with van der Waals surface area (Å²) in [6, 6.07) is 16.9. The van der Waals surface area contributed by atoms with E-state index in [1.54, 1.807) is 6.07 Å². The van der Waals surface area contributed by atoms with Crippen molar-refractivity contribution in [3.05, 3.63) is 71.5 Å². The lowest BCUT2D eigenvalue weighted by atomic mass is 9.76. The molecule has 2 aliphatic heterocycles. The minimum absolute atomic E-state index is 0.0790. The topological polar surface area (TPSA) is 32.3 Å². The average Bonchev–Trinajstić information content (AvgIpc) is 3.12. The zero-order chi connectivity index (χ0) is 15.9. The first-order valence-corrected chi connectivity index (χ1v) is 8.38. The number of nitrogens with one attached hydrogen (secondary N) is 1. The van der Waals surface area contributed by atoms with Crippen LogP contribution in [-0.2, 0) is 6.42 Å². The second kappa shape index (κ2) is 5.43. The van der Waals surface area contributed by atoms with Crippen LogP contribution in [0, 0.1) is 5.82 Å². The normalized spacial score (nSPS) is 30.5. The second-order valence-corrected chi connectivity index (χ2v) is 7.18. The van der Waals surface area contributed by atoms with Crippen LogP contribution in [0.4, 0.5) is 4.39 Å². The van der Waals surface area contributed by atoms with E-state index in [1.807, 2.05) is 12.1 Å². The molecule has 2 heterocycles. The number of rotatable bonds is 4. The fraction of sp³-hybridized carbons (Fsp3) is 0.400. The number of benzene rings is 2. The maximum absolute atomic E-state index is 13.5. The fourth-order valence-electron chi connectivity index (χ4n) is 4.50. The zero-order valence-electron chi connectivity index (χ0n) is 13.1. The van der Waals surface area contributed by atoms with E-state index in [0.29, 0.717) is 5.56 Å². The van der Waals surface area contributed by atoms with Crippen molar-refractivity contribution in [1.82, 2.24) is 5.32 Å². The van der Waals surface area contributed by atoms with Crippen LogP contribution in [0.1, 0.15) is 42.9 Å². The summed E-state index contributed by atoms with van der Waals surface area (Å²) < 4.78 is 13.5. The first-order chi connectivity index (χ1) is 11.1. The Morgan fingerprint density at radius 2 is 1.74 bits per heavy atom. The van der Waals surface area contributed by atoms with Gasteiger partial charge < -0.3 is 10.4 Å². The summed E-state index contributed by atoms with van der Waals surface area (Å²) in [6.07, 6.45) is 4.35. The summed E-state index contributed by atoms with van der Waals surface area (Å²) in [5.74, 6) is -0.288. The van der Waals surface area contributed by atoms with Crippen LogP contribution in [0.3, 0.4) is 0 Å². The highest BCUT2D eigenvalue weighted by molar-refractivity contribution is 5.29. The van der Waals surface area contributed by atoms with E-state index in [-0.39, 0.29) is 16.9 Å². The van der Waals surface area contributed by atoms with Gasteiger partial charge in [0.05, 0.1) is 6.10 Å². The molecule has 0 aromatic heterocycles. The summed E-state index contributed by atoms with van der Waals surface area (Å²) in [4.78, 5) is 0. The molecule has 0 spiro atoms. The van der Waals surface area contributed by atoms with Gasteiger partial charge in [-0.2, -0.15) is 0 Å². The maximum Gasteiger partial charge on any atom is 0.123 e. The van der Waals surface area contributed by atoms with Crippen LogP contribution in [-0.4, -0.2) is 16.2 Å². The van der Waals surface area contributed by atoms with Crippen molar-refractivity contribution in [3.63, 3.8) is 0 Å². The largest absolute Gasteiger partial charge is 0.386 e. The van der Waals surface area contributed by atoms with Gasteiger partial charge in [0.15, 0.2) is 0 Å². The minimum Gasteiger partial charge on any atom is -0.386 e. The molecule has 0 unspecified atom stereocenters. The molecule has 0 radical (unpaired) electrons. The molecule has 3 heteroatoms. The molecule has 120 valence electrons. The second-order valence-electron chi connectivity index (χ2n) is 7.18. The lowest BCUT2D eigenvalue weighted by Crippen LogP contribution is -2.47. The van der Waals surface area contributed by atoms with Gasteiger partial charge in [-0.1, -0.05) is 42.5 Å².